The summed E-state index contributed by atoms with van der Waals surface area (Å²) in [4.78, 5) is 20.7. The van der Waals surface area contributed by atoms with Crippen LogP contribution in [0.3, 0.4) is 0 Å². The number of nitrogens with zero attached hydrogens (tertiary/aromatic N) is 5. The lowest BCUT2D eigenvalue weighted by Crippen LogP contribution is -2.30. The molecule has 0 spiro atoms. The molecule has 1 amide bonds. The second kappa shape index (κ2) is 8.93. The molecule has 2 aromatic heterocycles. The number of carbonyl (C=O) groups is 1. The quantitative estimate of drug-likeness (QED) is 0.604. The van der Waals surface area contributed by atoms with Gasteiger partial charge in [-0.3, -0.25) is 15.1 Å². The topological polar surface area (TPSA) is 110 Å². The summed E-state index contributed by atoms with van der Waals surface area (Å²) in [6.07, 6.45) is 4.91. The van der Waals surface area contributed by atoms with Gasteiger partial charge in [-0.2, -0.15) is 4.31 Å². The van der Waals surface area contributed by atoms with Gasteiger partial charge < -0.3 is 0 Å². The van der Waals surface area contributed by atoms with Crippen LogP contribution in [0.15, 0.2) is 60.0 Å². The molecule has 0 aliphatic heterocycles. The summed E-state index contributed by atoms with van der Waals surface area (Å²) >= 11 is 0. The van der Waals surface area contributed by atoms with Crippen molar-refractivity contribution in [1.82, 2.24) is 24.1 Å². The minimum atomic E-state index is -3.65. The Hall–Kier alpha value is -3.11. The first-order valence-corrected chi connectivity index (χ1v) is 10.6. The molecular formula is C19H22N6O3S. The summed E-state index contributed by atoms with van der Waals surface area (Å²) in [5.74, 6) is -0.350. The molecule has 9 nitrogen and oxygen atoms in total. The van der Waals surface area contributed by atoms with Gasteiger partial charge in [0.1, 0.15) is 6.33 Å². The zero-order valence-corrected chi connectivity index (χ0v) is 17.0. The van der Waals surface area contributed by atoms with E-state index in [1.54, 1.807) is 43.1 Å². The largest absolute Gasteiger partial charge is 0.289 e. The molecule has 0 saturated heterocycles. The zero-order valence-electron chi connectivity index (χ0n) is 16.2. The number of pyridine rings is 1. The van der Waals surface area contributed by atoms with E-state index in [4.69, 9.17) is 0 Å². The summed E-state index contributed by atoms with van der Waals surface area (Å²) in [5.41, 5.74) is 1.16. The predicted octanol–water partition coefficient (Wildman–Crippen LogP) is 2.00. The van der Waals surface area contributed by atoms with Crippen molar-refractivity contribution in [3.05, 3.63) is 66.2 Å². The molecule has 0 aliphatic carbocycles. The van der Waals surface area contributed by atoms with Crippen LogP contribution >= 0.6 is 0 Å². The third-order valence-corrected chi connectivity index (χ3v) is 6.31. The first kappa shape index (κ1) is 20.6. The van der Waals surface area contributed by atoms with E-state index in [2.05, 4.69) is 20.4 Å². The van der Waals surface area contributed by atoms with E-state index in [1.807, 2.05) is 12.1 Å². The van der Waals surface area contributed by atoms with Crippen molar-refractivity contribution in [3.8, 4) is 0 Å². The molecular weight excluding hydrogens is 392 g/mol. The molecule has 29 heavy (non-hydrogen) atoms. The van der Waals surface area contributed by atoms with Crippen LogP contribution in [-0.2, 0) is 16.6 Å². The standard InChI is InChI=1S/C19H22N6O3S/c1-3-25(4-2)29(27,28)17-9-5-8-16(11-17)18(26)22-19-21-14-24(23-19)13-15-7-6-10-20-12-15/h5-12,14H,3-4,13H2,1-2H3,(H,22,23,26). The minimum absolute atomic E-state index is 0.0731. The molecule has 10 heteroatoms. The molecule has 2 heterocycles. The van der Waals surface area contributed by atoms with E-state index in [9.17, 15) is 13.2 Å². The Morgan fingerprint density at radius 1 is 1.17 bits per heavy atom. The fraction of sp³-hybridized carbons (Fsp3) is 0.263. The number of amides is 1. The summed E-state index contributed by atoms with van der Waals surface area (Å²) in [5, 5.41) is 6.81. The van der Waals surface area contributed by atoms with E-state index < -0.39 is 15.9 Å². The minimum Gasteiger partial charge on any atom is -0.289 e. The Morgan fingerprint density at radius 3 is 2.66 bits per heavy atom. The van der Waals surface area contributed by atoms with Gasteiger partial charge in [0.15, 0.2) is 0 Å². The summed E-state index contributed by atoms with van der Waals surface area (Å²) in [7, 11) is -3.65. The molecule has 3 rings (SSSR count). The fourth-order valence-corrected chi connectivity index (χ4v) is 4.30. The highest BCUT2D eigenvalue weighted by Crippen LogP contribution is 2.17. The first-order valence-electron chi connectivity index (χ1n) is 9.14. The van der Waals surface area contributed by atoms with E-state index in [1.165, 1.54) is 22.8 Å². The van der Waals surface area contributed by atoms with Gasteiger partial charge in [0.05, 0.1) is 11.4 Å². The van der Waals surface area contributed by atoms with Crippen molar-refractivity contribution in [2.75, 3.05) is 18.4 Å². The summed E-state index contributed by atoms with van der Waals surface area (Å²) < 4.78 is 28.2. The van der Waals surface area contributed by atoms with Crippen LogP contribution in [0.5, 0.6) is 0 Å². The smallest absolute Gasteiger partial charge is 0.258 e. The molecule has 0 radical (unpaired) electrons. The number of anilines is 1. The van der Waals surface area contributed by atoms with Gasteiger partial charge in [-0.05, 0) is 29.8 Å². The average molecular weight is 414 g/mol. The highest BCUT2D eigenvalue weighted by Gasteiger charge is 2.22. The van der Waals surface area contributed by atoms with Gasteiger partial charge in [0.2, 0.25) is 16.0 Å². The zero-order chi connectivity index (χ0) is 20.9. The highest BCUT2D eigenvalue weighted by molar-refractivity contribution is 7.89. The normalized spacial score (nSPS) is 11.6. The molecule has 0 atom stereocenters. The van der Waals surface area contributed by atoms with E-state index in [-0.39, 0.29) is 16.4 Å². The second-order valence-electron chi connectivity index (χ2n) is 6.20. The third-order valence-electron chi connectivity index (χ3n) is 4.27. The number of hydrogen-bond acceptors (Lipinski definition) is 6. The van der Waals surface area contributed by atoms with E-state index >= 15 is 0 Å². The number of rotatable bonds is 8. The van der Waals surface area contributed by atoms with Crippen LogP contribution in [0.25, 0.3) is 0 Å². The van der Waals surface area contributed by atoms with Crippen molar-refractivity contribution in [3.63, 3.8) is 0 Å². The van der Waals surface area contributed by atoms with Crippen LogP contribution in [0.4, 0.5) is 5.95 Å². The van der Waals surface area contributed by atoms with Crippen LogP contribution in [0, 0.1) is 0 Å². The maximum atomic E-state index is 12.7. The average Bonchev–Trinajstić information content (AvgIpc) is 3.16. The maximum absolute atomic E-state index is 12.7. The summed E-state index contributed by atoms with van der Waals surface area (Å²) in [6.45, 7) is 4.71. The van der Waals surface area contributed by atoms with Gasteiger partial charge in [-0.1, -0.05) is 26.0 Å². The number of hydrogen-bond donors (Lipinski definition) is 1. The van der Waals surface area contributed by atoms with Crippen molar-refractivity contribution >= 4 is 21.9 Å². The highest BCUT2D eigenvalue weighted by atomic mass is 32.2. The van der Waals surface area contributed by atoms with Crippen LogP contribution in [0.2, 0.25) is 0 Å². The molecule has 1 aromatic carbocycles. The molecule has 0 aliphatic rings. The third kappa shape index (κ3) is 4.84. The lowest BCUT2D eigenvalue weighted by Gasteiger charge is -2.18. The molecule has 152 valence electrons. The predicted molar refractivity (Wildman–Crippen MR) is 108 cm³/mol. The Kier molecular flexibility index (Phi) is 6.35. The van der Waals surface area contributed by atoms with Gasteiger partial charge >= 0.3 is 0 Å². The molecule has 1 N–H and O–H groups in total. The van der Waals surface area contributed by atoms with Crippen LogP contribution in [0.1, 0.15) is 29.8 Å². The number of benzene rings is 1. The maximum Gasteiger partial charge on any atom is 0.258 e. The number of carbonyl (C=O) groups excluding carboxylic acids is 1. The van der Waals surface area contributed by atoms with Crippen LogP contribution in [-0.4, -0.2) is 51.5 Å². The molecule has 0 fully saturated rings. The van der Waals surface area contributed by atoms with Crippen molar-refractivity contribution in [1.29, 1.82) is 0 Å². The lowest BCUT2D eigenvalue weighted by molar-refractivity contribution is 0.102. The molecule has 0 saturated carbocycles. The Labute approximate surface area is 169 Å². The van der Waals surface area contributed by atoms with Gasteiger partial charge in [-0.25, -0.2) is 18.1 Å². The van der Waals surface area contributed by atoms with E-state index in [0.717, 1.165) is 5.56 Å². The Balaban J connectivity index is 1.73. The van der Waals surface area contributed by atoms with Crippen molar-refractivity contribution < 1.29 is 13.2 Å². The van der Waals surface area contributed by atoms with Crippen molar-refractivity contribution in [2.45, 2.75) is 25.3 Å². The number of nitrogens with one attached hydrogen (secondary N) is 1. The Bertz CT molecular complexity index is 1080. The van der Waals surface area contributed by atoms with E-state index in [0.29, 0.717) is 19.6 Å². The lowest BCUT2D eigenvalue weighted by atomic mass is 10.2. The Morgan fingerprint density at radius 2 is 1.97 bits per heavy atom. The monoisotopic (exact) mass is 414 g/mol. The molecule has 0 bridgehead atoms. The fourth-order valence-electron chi connectivity index (χ4n) is 2.79. The first-order chi connectivity index (χ1) is 13.9. The van der Waals surface area contributed by atoms with Crippen molar-refractivity contribution in [2.24, 2.45) is 0 Å². The SMILES string of the molecule is CCN(CC)S(=O)(=O)c1cccc(C(=O)Nc2ncn(Cc3cccnc3)n2)c1. The molecule has 0 unspecified atom stereocenters. The van der Waals surface area contributed by atoms with Gasteiger partial charge in [-0.15, -0.1) is 5.10 Å². The number of aromatic nitrogens is 4. The summed E-state index contributed by atoms with van der Waals surface area (Å²) in [6, 6.07) is 9.66. The van der Waals surface area contributed by atoms with Crippen LogP contribution < -0.4 is 5.32 Å². The number of sulfonamides is 1. The molecule has 3 aromatic rings. The van der Waals surface area contributed by atoms with Gasteiger partial charge in [0.25, 0.3) is 5.91 Å². The second-order valence-corrected chi connectivity index (χ2v) is 8.14. The van der Waals surface area contributed by atoms with Gasteiger partial charge in [0, 0.05) is 31.0 Å².